The number of rotatable bonds is 14. The van der Waals surface area contributed by atoms with Gasteiger partial charge in [-0.1, -0.05) is 146 Å². The number of aryl methyl sites for hydroxylation is 3. The van der Waals surface area contributed by atoms with Crippen molar-refractivity contribution in [2.45, 2.75) is 113 Å². The maximum Gasteiger partial charge on any atom is 0.0491 e. The molecular formula is C63H68N2. The summed E-state index contributed by atoms with van der Waals surface area (Å²) in [7, 11) is 0. The molecule has 0 spiro atoms. The first-order valence-corrected chi connectivity index (χ1v) is 24.8. The molecule has 2 heterocycles. The van der Waals surface area contributed by atoms with E-state index in [9.17, 15) is 0 Å². The lowest BCUT2D eigenvalue weighted by atomic mass is 9.67. The van der Waals surface area contributed by atoms with E-state index in [-0.39, 0.29) is 5.41 Å². The Morgan fingerprint density at radius 2 is 0.831 bits per heavy atom. The second kappa shape index (κ2) is 17.2. The van der Waals surface area contributed by atoms with Crippen molar-refractivity contribution < 1.29 is 0 Å². The molecule has 1 aliphatic carbocycles. The van der Waals surface area contributed by atoms with Crippen molar-refractivity contribution in [3.8, 4) is 33.4 Å². The lowest BCUT2D eigenvalue weighted by Gasteiger charge is -2.36. The quantitative estimate of drug-likeness (QED) is 0.103. The van der Waals surface area contributed by atoms with Gasteiger partial charge in [0.15, 0.2) is 0 Å². The first kappa shape index (κ1) is 43.1. The molecule has 0 radical (unpaired) electrons. The molecule has 1 aliphatic rings. The zero-order valence-corrected chi connectivity index (χ0v) is 40.4. The highest BCUT2D eigenvalue weighted by Crippen LogP contribution is 2.56. The Balaban J connectivity index is 1.06. The number of para-hydroxylation sites is 1. The molecule has 2 aromatic heterocycles. The minimum atomic E-state index is -0.0821. The summed E-state index contributed by atoms with van der Waals surface area (Å²) in [5, 5.41) is 5.44. The van der Waals surface area contributed by atoms with Crippen molar-refractivity contribution >= 4 is 43.6 Å². The van der Waals surface area contributed by atoms with Crippen LogP contribution in [-0.4, -0.2) is 9.13 Å². The first-order chi connectivity index (χ1) is 31.4. The van der Waals surface area contributed by atoms with Gasteiger partial charge in [0.25, 0.3) is 0 Å². The predicted molar refractivity (Wildman–Crippen MR) is 281 cm³/mol. The lowest BCUT2D eigenvalue weighted by molar-refractivity contribution is 0.337. The predicted octanol–water partition coefficient (Wildman–Crippen LogP) is 17.4. The highest BCUT2D eigenvalue weighted by molar-refractivity contribution is 6.10. The zero-order valence-electron chi connectivity index (χ0n) is 40.4. The third-order valence-electron chi connectivity index (χ3n) is 14.4. The highest BCUT2D eigenvalue weighted by atomic mass is 15.0. The van der Waals surface area contributed by atoms with Crippen molar-refractivity contribution in [3.63, 3.8) is 0 Å². The molecule has 10 rings (SSSR count). The maximum atomic E-state index is 2.60. The van der Waals surface area contributed by atoms with E-state index in [0.717, 1.165) is 45.2 Å². The summed E-state index contributed by atoms with van der Waals surface area (Å²) in [6.45, 7) is 23.2. The lowest BCUT2D eigenvalue weighted by Crippen LogP contribution is -2.29. The molecule has 2 nitrogen and oxygen atoms in total. The minimum Gasteiger partial charge on any atom is -0.340 e. The van der Waals surface area contributed by atoms with Gasteiger partial charge in [-0.05, 0) is 173 Å². The van der Waals surface area contributed by atoms with E-state index < -0.39 is 0 Å². The van der Waals surface area contributed by atoms with Crippen LogP contribution < -0.4 is 0 Å². The van der Waals surface area contributed by atoms with Gasteiger partial charge < -0.3 is 9.13 Å². The summed E-state index contributed by atoms with van der Waals surface area (Å²) in [5.41, 5.74) is 20.5. The second-order valence-electron chi connectivity index (χ2n) is 21.5. The summed E-state index contributed by atoms with van der Waals surface area (Å²) in [4.78, 5) is 0. The molecule has 0 saturated heterocycles. The molecular weight excluding hydrogens is 785 g/mol. The Kier molecular flexibility index (Phi) is 11.4. The minimum absolute atomic E-state index is 0.0821. The fourth-order valence-corrected chi connectivity index (χ4v) is 11.9. The van der Waals surface area contributed by atoms with Crippen LogP contribution in [0, 0.1) is 30.6 Å². The zero-order chi connectivity index (χ0) is 45.1. The molecule has 330 valence electrons. The molecule has 2 heteroatoms. The van der Waals surface area contributed by atoms with Gasteiger partial charge in [-0.2, -0.15) is 0 Å². The van der Waals surface area contributed by atoms with Crippen molar-refractivity contribution in [2.75, 3.05) is 0 Å². The van der Waals surface area contributed by atoms with Gasteiger partial charge in [0.05, 0.1) is 0 Å². The molecule has 9 aromatic rings. The van der Waals surface area contributed by atoms with Gasteiger partial charge in [0.2, 0.25) is 0 Å². The average molecular weight is 853 g/mol. The molecule has 7 aromatic carbocycles. The third kappa shape index (κ3) is 7.92. The Hall–Kier alpha value is -5.86. The summed E-state index contributed by atoms with van der Waals surface area (Å²) >= 11 is 0. The number of benzene rings is 7. The van der Waals surface area contributed by atoms with Crippen LogP contribution >= 0.6 is 0 Å². The maximum absolute atomic E-state index is 2.60. The Bertz CT molecular complexity index is 3190. The van der Waals surface area contributed by atoms with Crippen molar-refractivity contribution in [2.24, 2.45) is 23.7 Å². The number of hydrogen-bond acceptors (Lipinski definition) is 0. The molecule has 0 unspecified atom stereocenters. The summed E-state index contributed by atoms with van der Waals surface area (Å²) < 4.78 is 5.10. The van der Waals surface area contributed by atoms with Crippen molar-refractivity contribution in [3.05, 3.63) is 167 Å². The Morgan fingerprint density at radius 3 is 1.37 bits per heavy atom. The number of aromatic nitrogens is 2. The summed E-state index contributed by atoms with van der Waals surface area (Å²) in [6, 6.07) is 54.7. The summed E-state index contributed by atoms with van der Waals surface area (Å²) in [5.74, 6) is 2.20. The monoisotopic (exact) mass is 853 g/mol. The van der Waals surface area contributed by atoms with Crippen LogP contribution in [0.5, 0.6) is 0 Å². The Labute approximate surface area is 388 Å². The van der Waals surface area contributed by atoms with Crippen molar-refractivity contribution in [1.29, 1.82) is 0 Å². The van der Waals surface area contributed by atoms with Gasteiger partial charge in [0.1, 0.15) is 0 Å². The van der Waals surface area contributed by atoms with E-state index in [1.165, 1.54) is 105 Å². The van der Waals surface area contributed by atoms with Crippen LogP contribution in [0.2, 0.25) is 0 Å². The van der Waals surface area contributed by atoms with Gasteiger partial charge in [-0.25, -0.2) is 0 Å². The third-order valence-corrected chi connectivity index (χ3v) is 14.4. The fourth-order valence-electron chi connectivity index (χ4n) is 11.9. The molecule has 0 fully saturated rings. The van der Waals surface area contributed by atoms with Crippen LogP contribution in [0.1, 0.15) is 102 Å². The normalized spacial score (nSPS) is 13.5. The second-order valence-corrected chi connectivity index (χ2v) is 21.5. The van der Waals surface area contributed by atoms with Crippen LogP contribution in [0.15, 0.2) is 140 Å². The fraction of sp³-hybridized carbons (Fsp3) is 0.333. The van der Waals surface area contributed by atoms with E-state index in [1.807, 2.05) is 0 Å². The topological polar surface area (TPSA) is 9.86 Å². The van der Waals surface area contributed by atoms with E-state index in [0.29, 0.717) is 23.7 Å². The van der Waals surface area contributed by atoms with Gasteiger partial charge in [-0.3, -0.25) is 0 Å². The molecule has 65 heavy (non-hydrogen) atoms. The summed E-state index contributed by atoms with van der Waals surface area (Å²) in [6.07, 6.45) is 5.58. The van der Waals surface area contributed by atoms with Gasteiger partial charge in [-0.15, -0.1) is 0 Å². The molecule has 0 amide bonds. The standard InChI is InChI=1S/C63H68N2/c1-40(2)36-63(37-41(3)4)57-34-49(47-24-29-61-55(32-47)53-15-10-11-16-59(53)64(61)38-42(5)6)22-26-51(57)52-27-23-50(35-58(52)63)48-25-30-62-56(33-48)54-31-46(21-28-60(54)65(62)39-43(7)8)14-12-13-45-19-17-44(9)18-20-45/h10-11,15-35,40-43H,12-14,36-39H2,1-9H3. The highest BCUT2D eigenvalue weighted by Gasteiger charge is 2.44. The number of hydrogen-bond donors (Lipinski definition) is 0. The molecule has 0 aliphatic heterocycles. The number of nitrogens with zero attached hydrogens (tertiary/aromatic N) is 2. The molecule has 0 N–H and O–H groups in total. The largest absolute Gasteiger partial charge is 0.340 e. The average Bonchev–Trinajstić information content (AvgIpc) is 3.85. The Morgan fingerprint density at radius 1 is 0.400 bits per heavy atom. The van der Waals surface area contributed by atoms with Crippen molar-refractivity contribution in [1.82, 2.24) is 9.13 Å². The van der Waals surface area contributed by atoms with E-state index >= 15 is 0 Å². The molecule has 0 atom stereocenters. The smallest absolute Gasteiger partial charge is 0.0491 e. The van der Waals surface area contributed by atoms with Crippen LogP contribution in [0.3, 0.4) is 0 Å². The first-order valence-electron chi connectivity index (χ1n) is 24.8. The number of fused-ring (bicyclic) bond motifs is 9. The van der Waals surface area contributed by atoms with Gasteiger partial charge in [0, 0.05) is 62.1 Å². The molecule has 0 saturated carbocycles. The van der Waals surface area contributed by atoms with Crippen LogP contribution in [0.25, 0.3) is 77.0 Å². The van der Waals surface area contributed by atoms with E-state index in [1.54, 1.807) is 0 Å². The van der Waals surface area contributed by atoms with E-state index in [4.69, 9.17) is 0 Å². The SMILES string of the molecule is Cc1ccc(CCCc2ccc3c(c2)c2cc(-c4ccc5c(c4)C(CC(C)C)(CC(C)C)c4cc(-c6ccc7c(c6)c6ccccc6n7CC(C)C)ccc4-5)ccc2n3CC(C)C)cc1. The van der Waals surface area contributed by atoms with Crippen LogP contribution in [0.4, 0.5) is 0 Å². The van der Waals surface area contributed by atoms with E-state index in [2.05, 4.69) is 211 Å². The van der Waals surface area contributed by atoms with Gasteiger partial charge >= 0.3 is 0 Å². The van der Waals surface area contributed by atoms with Crippen LogP contribution in [-0.2, 0) is 31.3 Å². The molecule has 0 bridgehead atoms.